The van der Waals surface area contributed by atoms with Gasteiger partial charge in [0, 0.05) is 24.4 Å². The maximum absolute atomic E-state index is 12.7. The molecule has 1 aromatic carbocycles. The normalized spacial score (nSPS) is 13.1. The van der Waals surface area contributed by atoms with Gasteiger partial charge in [0.2, 0.25) is 5.91 Å². The van der Waals surface area contributed by atoms with Crippen molar-refractivity contribution in [2.75, 3.05) is 11.9 Å². The highest BCUT2D eigenvalue weighted by Gasteiger charge is 2.22. The summed E-state index contributed by atoms with van der Waals surface area (Å²) in [5, 5.41) is 13.3. The van der Waals surface area contributed by atoms with E-state index < -0.39 is 0 Å². The van der Waals surface area contributed by atoms with Crippen LogP contribution >= 0.6 is 11.3 Å². The van der Waals surface area contributed by atoms with Crippen molar-refractivity contribution in [2.45, 2.75) is 45.2 Å². The Morgan fingerprint density at radius 1 is 1.13 bits per heavy atom. The lowest BCUT2D eigenvalue weighted by atomic mass is 9.96. The molecule has 1 N–H and O–H groups in total. The lowest BCUT2D eigenvalue weighted by Gasteiger charge is -2.21. The van der Waals surface area contributed by atoms with Gasteiger partial charge in [-0.05, 0) is 48.9 Å². The van der Waals surface area contributed by atoms with Crippen molar-refractivity contribution < 1.29 is 9.21 Å². The molecule has 3 aromatic rings. The third-order valence-electron chi connectivity index (χ3n) is 5.40. The van der Waals surface area contributed by atoms with Crippen LogP contribution in [0.25, 0.3) is 0 Å². The summed E-state index contributed by atoms with van der Waals surface area (Å²) < 4.78 is 5.50. The lowest BCUT2D eigenvalue weighted by molar-refractivity contribution is -0.116. The molecule has 2 aromatic heterocycles. The van der Waals surface area contributed by atoms with E-state index in [2.05, 4.69) is 28.4 Å². The summed E-state index contributed by atoms with van der Waals surface area (Å²) in [6.45, 7) is 1.99. The largest absolute Gasteiger partial charge is 0.468 e. The molecule has 0 spiro atoms. The highest BCUT2D eigenvalue weighted by atomic mass is 32.1. The van der Waals surface area contributed by atoms with Crippen LogP contribution in [0.3, 0.4) is 0 Å². The zero-order chi connectivity index (χ0) is 20.8. The molecule has 0 atom stereocenters. The first-order valence-electron chi connectivity index (χ1n) is 10.4. The van der Waals surface area contributed by atoms with Crippen molar-refractivity contribution in [1.29, 1.82) is 5.26 Å². The number of rotatable bonds is 8. The Balaban J connectivity index is 1.40. The van der Waals surface area contributed by atoms with E-state index in [1.54, 1.807) is 17.6 Å². The fraction of sp³-hybridized carbons (Fsp3) is 0.333. The molecule has 5 nitrogen and oxygen atoms in total. The second kappa shape index (κ2) is 9.75. The average Bonchev–Trinajstić information content (AvgIpc) is 3.39. The second-order valence-electron chi connectivity index (χ2n) is 7.60. The van der Waals surface area contributed by atoms with Gasteiger partial charge in [-0.25, -0.2) is 0 Å². The number of hydrogen-bond acceptors (Lipinski definition) is 5. The summed E-state index contributed by atoms with van der Waals surface area (Å²) in [6.07, 6.45) is 6.27. The minimum Gasteiger partial charge on any atom is -0.468 e. The Kier molecular flexibility index (Phi) is 6.63. The van der Waals surface area contributed by atoms with E-state index in [1.165, 1.54) is 10.4 Å². The summed E-state index contributed by atoms with van der Waals surface area (Å²) in [6, 6.07) is 16.4. The molecule has 0 fully saturated rings. The third kappa shape index (κ3) is 4.99. The zero-order valence-electron chi connectivity index (χ0n) is 16.9. The van der Waals surface area contributed by atoms with Gasteiger partial charge >= 0.3 is 0 Å². The summed E-state index contributed by atoms with van der Waals surface area (Å²) in [7, 11) is 0. The van der Waals surface area contributed by atoms with Crippen molar-refractivity contribution in [3.63, 3.8) is 0 Å². The van der Waals surface area contributed by atoms with E-state index in [0.29, 0.717) is 25.1 Å². The number of nitriles is 1. The van der Waals surface area contributed by atoms with Crippen LogP contribution in [0.4, 0.5) is 5.00 Å². The molecule has 0 saturated heterocycles. The molecular formula is C24H25N3O2S. The summed E-state index contributed by atoms with van der Waals surface area (Å²) in [5.41, 5.74) is 3.01. The van der Waals surface area contributed by atoms with Gasteiger partial charge in [0.15, 0.2) is 0 Å². The number of nitrogens with zero attached hydrogens (tertiary/aromatic N) is 2. The highest BCUT2D eigenvalue weighted by molar-refractivity contribution is 7.16. The smallest absolute Gasteiger partial charge is 0.226 e. The predicted octanol–water partition coefficient (Wildman–Crippen LogP) is 5.12. The van der Waals surface area contributed by atoms with Crippen LogP contribution in [0, 0.1) is 11.3 Å². The number of aryl methyl sites for hydroxylation is 1. The van der Waals surface area contributed by atoms with E-state index in [-0.39, 0.29) is 5.91 Å². The molecular weight excluding hydrogens is 394 g/mol. The SMILES string of the molecule is N#Cc1c(NC(=O)CCN(Cc2ccccc2)Cc2ccco2)sc2c1CCCC2. The Labute approximate surface area is 180 Å². The van der Waals surface area contributed by atoms with Crippen LogP contribution in [-0.4, -0.2) is 17.4 Å². The summed E-state index contributed by atoms with van der Waals surface area (Å²) >= 11 is 1.57. The Morgan fingerprint density at radius 3 is 2.73 bits per heavy atom. The molecule has 0 unspecified atom stereocenters. The molecule has 0 saturated carbocycles. The highest BCUT2D eigenvalue weighted by Crippen LogP contribution is 2.37. The Bertz CT molecular complexity index is 1020. The van der Waals surface area contributed by atoms with Crippen molar-refractivity contribution in [3.8, 4) is 6.07 Å². The first-order chi connectivity index (χ1) is 14.7. The second-order valence-corrected chi connectivity index (χ2v) is 8.71. The van der Waals surface area contributed by atoms with E-state index in [1.807, 2.05) is 30.3 Å². The number of thiophene rings is 1. The number of amides is 1. The summed E-state index contributed by atoms with van der Waals surface area (Å²) in [5.74, 6) is 0.826. The van der Waals surface area contributed by atoms with Crippen LogP contribution in [0.15, 0.2) is 53.1 Å². The van der Waals surface area contributed by atoms with Crippen LogP contribution in [0.5, 0.6) is 0 Å². The van der Waals surface area contributed by atoms with Crippen molar-refractivity contribution in [2.24, 2.45) is 0 Å². The van der Waals surface area contributed by atoms with Gasteiger partial charge in [0.25, 0.3) is 0 Å². The van der Waals surface area contributed by atoms with Gasteiger partial charge in [-0.15, -0.1) is 11.3 Å². The van der Waals surface area contributed by atoms with Crippen molar-refractivity contribution in [1.82, 2.24) is 4.90 Å². The molecule has 30 heavy (non-hydrogen) atoms. The molecule has 0 bridgehead atoms. The van der Waals surface area contributed by atoms with Gasteiger partial charge in [-0.3, -0.25) is 9.69 Å². The number of carbonyl (C=O) groups is 1. The molecule has 1 aliphatic carbocycles. The van der Waals surface area contributed by atoms with Gasteiger partial charge in [-0.1, -0.05) is 30.3 Å². The third-order valence-corrected chi connectivity index (χ3v) is 6.61. The average molecular weight is 420 g/mol. The minimum atomic E-state index is -0.0531. The summed E-state index contributed by atoms with van der Waals surface area (Å²) in [4.78, 5) is 16.2. The van der Waals surface area contributed by atoms with Gasteiger partial charge in [-0.2, -0.15) is 5.26 Å². The number of carbonyl (C=O) groups excluding carboxylic acids is 1. The molecule has 0 radical (unpaired) electrons. The van der Waals surface area contributed by atoms with Crippen LogP contribution < -0.4 is 5.32 Å². The Hall–Kier alpha value is -2.88. The number of nitrogens with one attached hydrogen (secondary N) is 1. The molecule has 154 valence electrons. The molecule has 6 heteroatoms. The number of furan rings is 1. The number of anilines is 1. The fourth-order valence-electron chi connectivity index (χ4n) is 3.90. The van der Waals surface area contributed by atoms with Crippen LogP contribution in [0.1, 0.15) is 46.6 Å². The van der Waals surface area contributed by atoms with Gasteiger partial charge < -0.3 is 9.73 Å². The minimum absolute atomic E-state index is 0.0531. The monoisotopic (exact) mass is 419 g/mol. The van der Waals surface area contributed by atoms with Crippen LogP contribution in [0.2, 0.25) is 0 Å². The molecule has 1 aliphatic rings. The lowest BCUT2D eigenvalue weighted by Crippen LogP contribution is -2.27. The number of fused-ring (bicyclic) bond motifs is 1. The molecule has 4 rings (SSSR count). The molecule has 1 amide bonds. The van der Waals surface area contributed by atoms with E-state index in [9.17, 15) is 10.1 Å². The predicted molar refractivity (Wildman–Crippen MR) is 118 cm³/mol. The van der Waals surface area contributed by atoms with Crippen molar-refractivity contribution >= 4 is 22.2 Å². The quantitative estimate of drug-likeness (QED) is 0.550. The standard InChI is InChI=1S/C24H25N3O2S/c25-15-21-20-10-4-5-11-22(20)30-24(21)26-23(28)12-13-27(17-19-9-6-14-29-19)16-18-7-2-1-3-8-18/h1-3,6-9,14H,4-5,10-13,16-17H2,(H,26,28). The maximum Gasteiger partial charge on any atom is 0.226 e. The van der Waals surface area contributed by atoms with E-state index >= 15 is 0 Å². The van der Waals surface area contributed by atoms with Gasteiger partial charge in [0.05, 0.1) is 18.4 Å². The van der Waals surface area contributed by atoms with Gasteiger partial charge in [0.1, 0.15) is 16.8 Å². The van der Waals surface area contributed by atoms with Crippen molar-refractivity contribution in [3.05, 3.63) is 76.1 Å². The maximum atomic E-state index is 12.7. The van der Waals surface area contributed by atoms with E-state index in [4.69, 9.17) is 4.42 Å². The van der Waals surface area contributed by atoms with E-state index in [0.717, 1.165) is 48.6 Å². The molecule has 2 heterocycles. The first kappa shape index (κ1) is 20.4. The number of benzene rings is 1. The first-order valence-corrected chi connectivity index (χ1v) is 11.2. The number of hydrogen-bond donors (Lipinski definition) is 1. The fourth-order valence-corrected chi connectivity index (χ4v) is 5.16. The Morgan fingerprint density at radius 2 is 1.97 bits per heavy atom. The van der Waals surface area contributed by atoms with Crippen LogP contribution in [-0.2, 0) is 30.7 Å². The zero-order valence-corrected chi connectivity index (χ0v) is 17.7. The topological polar surface area (TPSA) is 69.3 Å². The molecule has 0 aliphatic heterocycles.